The zero-order chi connectivity index (χ0) is 18.5. The average Bonchev–Trinajstić information content (AvgIpc) is 2.65. The van der Waals surface area contributed by atoms with Gasteiger partial charge in [-0.05, 0) is 60.7 Å². The number of hydrogen-bond donors (Lipinski definition) is 2. The Hall–Kier alpha value is -3.80. The molecule has 0 amide bonds. The minimum atomic E-state index is -0.728. The fraction of sp³-hybridized carbons (Fsp3) is 0. The van der Waals surface area contributed by atoms with Crippen LogP contribution in [-0.4, -0.2) is 22.2 Å². The molecule has 3 rings (SSSR count). The van der Waals surface area contributed by atoms with Crippen molar-refractivity contribution in [3.05, 3.63) is 83.9 Å². The Bertz CT molecular complexity index is 851. The third-order valence-electron chi connectivity index (χ3n) is 3.46. The van der Waals surface area contributed by atoms with Gasteiger partial charge in [-0.1, -0.05) is 12.1 Å². The van der Waals surface area contributed by atoms with Gasteiger partial charge in [-0.15, -0.1) is 0 Å². The molecule has 6 heteroatoms. The minimum Gasteiger partial charge on any atom is -0.508 e. The average molecular weight is 350 g/mol. The van der Waals surface area contributed by atoms with E-state index in [9.17, 15) is 19.8 Å². The highest BCUT2D eigenvalue weighted by atomic mass is 16.5. The molecule has 2 N–H and O–H groups in total. The summed E-state index contributed by atoms with van der Waals surface area (Å²) in [5.74, 6) is -0.905. The molecule has 0 spiro atoms. The van der Waals surface area contributed by atoms with Gasteiger partial charge in [0.25, 0.3) is 0 Å². The number of phenols is 2. The lowest BCUT2D eigenvalue weighted by Gasteiger charge is -2.09. The van der Waals surface area contributed by atoms with Crippen LogP contribution in [0.5, 0.6) is 23.0 Å². The summed E-state index contributed by atoms with van der Waals surface area (Å²) in [5.41, 5.74) is 0.0914. The second kappa shape index (κ2) is 7.40. The van der Waals surface area contributed by atoms with Gasteiger partial charge in [0.15, 0.2) is 0 Å². The fourth-order valence-corrected chi connectivity index (χ4v) is 2.19. The number of benzene rings is 3. The highest BCUT2D eigenvalue weighted by Gasteiger charge is 2.20. The summed E-state index contributed by atoms with van der Waals surface area (Å²) in [6.45, 7) is 0. The van der Waals surface area contributed by atoms with Crippen LogP contribution in [0.2, 0.25) is 0 Å². The van der Waals surface area contributed by atoms with Crippen LogP contribution in [0.3, 0.4) is 0 Å². The molecule has 0 saturated heterocycles. The summed E-state index contributed by atoms with van der Waals surface area (Å²) in [5, 5.41) is 18.5. The van der Waals surface area contributed by atoms with Crippen LogP contribution in [0.15, 0.2) is 72.8 Å². The molecule has 0 unspecified atom stereocenters. The lowest BCUT2D eigenvalue weighted by Crippen LogP contribution is -2.17. The predicted octanol–water partition coefficient (Wildman–Crippen LogP) is 3.54. The maximum atomic E-state index is 12.4. The van der Waals surface area contributed by atoms with Crippen LogP contribution in [0.25, 0.3) is 0 Å². The molecule has 0 heterocycles. The van der Waals surface area contributed by atoms with E-state index in [1.165, 1.54) is 60.7 Å². The first-order chi connectivity index (χ1) is 12.5. The Morgan fingerprint density at radius 1 is 0.577 bits per heavy atom. The first-order valence-corrected chi connectivity index (χ1v) is 7.64. The van der Waals surface area contributed by atoms with E-state index in [2.05, 4.69) is 0 Å². The zero-order valence-electron chi connectivity index (χ0n) is 13.5. The molecule has 0 bridgehead atoms. The number of esters is 2. The molecule has 0 aliphatic heterocycles. The molecule has 0 aliphatic rings. The molecule has 0 atom stereocenters. The molecule has 130 valence electrons. The normalized spacial score (nSPS) is 10.2. The van der Waals surface area contributed by atoms with Gasteiger partial charge in [0, 0.05) is 0 Å². The molecule has 0 aliphatic carbocycles. The number of phenolic OH excluding ortho intramolecular Hbond substituents is 2. The van der Waals surface area contributed by atoms with E-state index in [-0.39, 0.29) is 34.1 Å². The van der Waals surface area contributed by atoms with Crippen LogP contribution >= 0.6 is 0 Å². The van der Waals surface area contributed by atoms with Crippen molar-refractivity contribution < 1.29 is 29.3 Å². The Balaban J connectivity index is 1.80. The van der Waals surface area contributed by atoms with Crippen molar-refractivity contribution in [2.45, 2.75) is 0 Å². The minimum absolute atomic E-state index is 0.0441. The van der Waals surface area contributed by atoms with Crippen LogP contribution < -0.4 is 9.47 Å². The number of aromatic hydroxyl groups is 2. The van der Waals surface area contributed by atoms with Gasteiger partial charge in [0.2, 0.25) is 0 Å². The number of hydrogen-bond acceptors (Lipinski definition) is 6. The van der Waals surface area contributed by atoms with Gasteiger partial charge >= 0.3 is 11.9 Å². The van der Waals surface area contributed by atoms with E-state index >= 15 is 0 Å². The predicted molar refractivity (Wildman–Crippen MR) is 92.6 cm³/mol. The molecule has 0 aromatic heterocycles. The summed E-state index contributed by atoms with van der Waals surface area (Å²) in [6.07, 6.45) is 0. The van der Waals surface area contributed by atoms with Crippen LogP contribution in [0.1, 0.15) is 20.7 Å². The molecule has 3 aromatic rings. The zero-order valence-corrected chi connectivity index (χ0v) is 13.5. The van der Waals surface area contributed by atoms with E-state index in [0.717, 1.165) is 0 Å². The van der Waals surface area contributed by atoms with Crippen molar-refractivity contribution in [2.75, 3.05) is 0 Å². The first-order valence-electron chi connectivity index (χ1n) is 7.64. The molecule has 6 nitrogen and oxygen atoms in total. The van der Waals surface area contributed by atoms with Crippen molar-refractivity contribution in [1.29, 1.82) is 0 Å². The third kappa shape index (κ3) is 3.99. The molecular formula is C20H14O6. The van der Waals surface area contributed by atoms with Crippen molar-refractivity contribution >= 4 is 11.9 Å². The van der Waals surface area contributed by atoms with Crippen molar-refractivity contribution in [1.82, 2.24) is 0 Å². The van der Waals surface area contributed by atoms with Gasteiger partial charge in [0.1, 0.15) is 23.0 Å². The molecule has 3 aromatic carbocycles. The maximum absolute atomic E-state index is 12.4. The number of rotatable bonds is 4. The van der Waals surface area contributed by atoms with Crippen molar-refractivity contribution in [3.8, 4) is 23.0 Å². The lowest BCUT2D eigenvalue weighted by molar-refractivity contribution is 0.0692. The van der Waals surface area contributed by atoms with E-state index in [0.29, 0.717) is 0 Å². The number of ether oxygens (including phenoxy) is 2. The third-order valence-corrected chi connectivity index (χ3v) is 3.46. The van der Waals surface area contributed by atoms with Crippen LogP contribution in [-0.2, 0) is 0 Å². The van der Waals surface area contributed by atoms with Gasteiger partial charge in [-0.3, -0.25) is 0 Å². The summed E-state index contributed by atoms with van der Waals surface area (Å²) >= 11 is 0. The standard InChI is InChI=1S/C20H14O6/c21-13-5-9-15(10-6-13)25-19(23)17-3-1-2-4-18(17)20(24)26-16-11-7-14(22)8-12-16/h1-12,21-22H. The monoisotopic (exact) mass is 350 g/mol. The number of carbonyl (C=O) groups is 2. The van der Waals surface area contributed by atoms with Crippen LogP contribution in [0.4, 0.5) is 0 Å². The maximum Gasteiger partial charge on any atom is 0.344 e. The molecule has 0 saturated carbocycles. The van der Waals surface area contributed by atoms with Gasteiger partial charge < -0.3 is 19.7 Å². The van der Waals surface area contributed by atoms with Gasteiger partial charge in [0.05, 0.1) is 11.1 Å². The summed E-state index contributed by atoms with van der Waals surface area (Å²) in [4.78, 5) is 24.8. The Morgan fingerprint density at radius 3 is 1.27 bits per heavy atom. The largest absolute Gasteiger partial charge is 0.508 e. The van der Waals surface area contributed by atoms with Crippen molar-refractivity contribution in [2.24, 2.45) is 0 Å². The molecule has 0 radical (unpaired) electrons. The molecule has 26 heavy (non-hydrogen) atoms. The second-order valence-corrected chi connectivity index (χ2v) is 5.31. The van der Waals surface area contributed by atoms with E-state index in [4.69, 9.17) is 9.47 Å². The van der Waals surface area contributed by atoms with Crippen LogP contribution in [0, 0.1) is 0 Å². The van der Waals surface area contributed by atoms with Crippen molar-refractivity contribution in [3.63, 3.8) is 0 Å². The van der Waals surface area contributed by atoms with Gasteiger partial charge in [-0.2, -0.15) is 0 Å². The Labute approximate surface area is 148 Å². The Kier molecular flexibility index (Phi) is 4.85. The van der Waals surface area contributed by atoms with E-state index < -0.39 is 11.9 Å². The summed E-state index contributed by atoms with van der Waals surface area (Å²) in [7, 11) is 0. The molecule has 0 fully saturated rings. The Morgan fingerprint density at radius 2 is 0.923 bits per heavy atom. The quantitative estimate of drug-likeness (QED) is 0.552. The summed E-state index contributed by atoms with van der Waals surface area (Å²) in [6, 6.07) is 17.4. The first kappa shape index (κ1) is 17.0. The molecular weight excluding hydrogens is 336 g/mol. The van der Waals surface area contributed by atoms with E-state index in [1.807, 2.05) is 0 Å². The number of carbonyl (C=O) groups excluding carboxylic acids is 2. The SMILES string of the molecule is O=C(Oc1ccc(O)cc1)c1ccccc1C(=O)Oc1ccc(O)cc1. The summed E-state index contributed by atoms with van der Waals surface area (Å²) < 4.78 is 10.4. The highest BCUT2D eigenvalue weighted by Crippen LogP contribution is 2.21. The highest BCUT2D eigenvalue weighted by molar-refractivity contribution is 6.04. The smallest absolute Gasteiger partial charge is 0.344 e. The lowest BCUT2D eigenvalue weighted by atomic mass is 10.1. The van der Waals surface area contributed by atoms with Gasteiger partial charge in [-0.25, -0.2) is 9.59 Å². The topological polar surface area (TPSA) is 93.1 Å². The second-order valence-electron chi connectivity index (χ2n) is 5.31. The fourth-order valence-electron chi connectivity index (χ4n) is 2.19. The van der Waals surface area contributed by atoms with E-state index in [1.54, 1.807) is 12.1 Å².